The molecule has 8 unspecified atom stereocenters. The Hall–Kier alpha value is -2.44. The standard InChI is InChI=1S/C39H58N2O4.C3H6/c1-36(2)29(26-9-11-27(12-10-26)34(43)44)15-19-38(4)32(36)17-20-37(3)30-16-21-39(35(45)41(24-25-42)23-22-40(5)6)18-7-8-31(39)28(30)13-14-33(37)38;1-3-2/h9-12,15,28,30-33,42H,7-8,13-14,16-25H2,1-6H3,(H,43,44);3H,1H2,2H3. The fourth-order valence-corrected chi connectivity index (χ4v) is 12.5. The highest BCUT2D eigenvalue weighted by Gasteiger charge is 2.66. The van der Waals surface area contributed by atoms with Crippen LogP contribution in [0, 0.1) is 51.2 Å². The van der Waals surface area contributed by atoms with Crippen LogP contribution in [-0.2, 0) is 4.79 Å². The van der Waals surface area contributed by atoms with Gasteiger partial charge in [0.25, 0.3) is 0 Å². The maximum absolute atomic E-state index is 14.4. The van der Waals surface area contributed by atoms with Crippen LogP contribution in [0.4, 0.5) is 0 Å². The van der Waals surface area contributed by atoms with Gasteiger partial charge in [0.2, 0.25) is 5.91 Å². The normalized spacial score (nSPS) is 36.3. The highest BCUT2D eigenvalue weighted by molar-refractivity contribution is 5.88. The Balaban J connectivity index is 0.00000145. The van der Waals surface area contributed by atoms with Crippen LogP contribution in [0.25, 0.3) is 5.57 Å². The summed E-state index contributed by atoms with van der Waals surface area (Å²) < 4.78 is 0. The molecule has 8 atom stereocenters. The first-order valence-corrected chi connectivity index (χ1v) is 18.9. The number of carboxylic acids is 1. The van der Waals surface area contributed by atoms with Crippen LogP contribution < -0.4 is 0 Å². The van der Waals surface area contributed by atoms with Crippen molar-refractivity contribution in [1.82, 2.24) is 9.80 Å². The number of benzene rings is 1. The first kappa shape index (κ1) is 36.8. The quantitative estimate of drug-likeness (QED) is 0.274. The van der Waals surface area contributed by atoms with Gasteiger partial charge in [0.15, 0.2) is 0 Å². The molecule has 0 bridgehead atoms. The van der Waals surface area contributed by atoms with Crippen LogP contribution in [0.1, 0.15) is 115 Å². The van der Waals surface area contributed by atoms with Crippen LogP contribution in [0.15, 0.2) is 43.0 Å². The molecule has 1 aromatic rings. The van der Waals surface area contributed by atoms with Gasteiger partial charge in [-0.3, -0.25) is 4.79 Å². The van der Waals surface area contributed by atoms with Crippen molar-refractivity contribution in [2.24, 2.45) is 51.2 Å². The van der Waals surface area contributed by atoms with Gasteiger partial charge in [-0.25, -0.2) is 4.79 Å². The van der Waals surface area contributed by atoms with Gasteiger partial charge in [-0.15, -0.1) is 6.58 Å². The van der Waals surface area contributed by atoms with E-state index < -0.39 is 5.97 Å². The molecule has 0 spiro atoms. The lowest BCUT2D eigenvalue weighted by molar-refractivity contribution is -0.185. The van der Waals surface area contributed by atoms with E-state index in [0.29, 0.717) is 59.6 Å². The minimum atomic E-state index is -0.873. The maximum Gasteiger partial charge on any atom is 0.335 e. The molecule has 5 aliphatic rings. The predicted octanol–water partition coefficient (Wildman–Crippen LogP) is 8.42. The Morgan fingerprint density at radius 1 is 0.875 bits per heavy atom. The van der Waals surface area contributed by atoms with Gasteiger partial charge >= 0.3 is 5.97 Å². The molecule has 1 aromatic carbocycles. The number of rotatable bonds is 8. The van der Waals surface area contributed by atoms with Crippen molar-refractivity contribution in [3.8, 4) is 0 Å². The Morgan fingerprint density at radius 2 is 1.56 bits per heavy atom. The summed E-state index contributed by atoms with van der Waals surface area (Å²) >= 11 is 0. The molecular formula is C42H64N2O4. The van der Waals surface area contributed by atoms with Crippen molar-refractivity contribution < 1.29 is 19.8 Å². The van der Waals surface area contributed by atoms with Gasteiger partial charge < -0.3 is 20.0 Å². The van der Waals surface area contributed by atoms with E-state index in [0.717, 1.165) is 32.2 Å². The van der Waals surface area contributed by atoms with Crippen LogP contribution >= 0.6 is 0 Å². The van der Waals surface area contributed by atoms with Gasteiger partial charge in [-0.2, -0.15) is 0 Å². The number of aromatic carboxylic acids is 1. The number of hydrogen-bond acceptors (Lipinski definition) is 4. The number of amides is 1. The number of carbonyl (C=O) groups excluding carboxylic acids is 1. The molecule has 48 heavy (non-hydrogen) atoms. The molecule has 6 nitrogen and oxygen atoms in total. The molecule has 4 saturated carbocycles. The highest BCUT2D eigenvalue weighted by atomic mass is 16.4. The summed E-state index contributed by atoms with van der Waals surface area (Å²) in [6, 6.07) is 7.53. The summed E-state index contributed by atoms with van der Waals surface area (Å²) in [7, 11) is 4.11. The summed E-state index contributed by atoms with van der Waals surface area (Å²) in [6.07, 6.45) is 15.9. The summed E-state index contributed by atoms with van der Waals surface area (Å²) in [5.41, 5.74) is 3.21. The average molecular weight is 661 g/mol. The zero-order valence-corrected chi connectivity index (χ0v) is 31.1. The Labute approximate surface area is 291 Å². The smallest absolute Gasteiger partial charge is 0.335 e. The van der Waals surface area contributed by atoms with Gasteiger partial charge in [-0.1, -0.05) is 58.4 Å². The number of fused-ring (bicyclic) bond motifs is 7. The van der Waals surface area contributed by atoms with Gasteiger partial charge in [0.1, 0.15) is 0 Å². The number of allylic oxidation sites excluding steroid dienone is 3. The predicted molar refractivity (Wildman–Crippen MR) is 196 cm³/mol. The average Bonchev–Trinajstić information content (AvgIpc) is 3.49. The maximum atomic E-state index is 14.4. The number of aliphatic hydroxyl groups excluding tert-OH is 1. The SMILES string of the molecule is C=CC.CN(C)CCN(CCO)C(=O)C12CCCC1C1CCC3C(C)(CCC4C(C)(C)C(c5ccc(C(=O)O)cc5)=CCC43C)C1CC2. The van der Waals surface area contributed by atoms with Gasteiger partial charge in [-0.05, 0) is 148 Å². The first-order chi connectivity index (χ1) is 22.7. The van der Waals surface area contributed by atoms with Crippen molar-refractivity contribution in [2.45, 2.75) is 98.8 Å². The van der Waals surface area contributed by atoms with E-state index in [1.54, 1.807) is 18.2 Å². The van der Waals surface area contributed by atoms with Crippen LogP contribution in [0.2, 0.25) is 0 Å². The molecule has 6 rings (SSSR count). The fraction of sp³-hybridized carbons (Fsp3) is 0.714. The van der Waals surface area contributed by atoms with E-state index in [9.17, 15) is 19.8 Å². The lowest BCUT2D eigenvalue weighted by atomic mass is 9.36. The molecule has 4 fully saturated rings. The third-order valence-corrected chi connectivity index (χ3v) is 14.4. The molecule has 0 aromatic heterocycles. The molecule has 0 saturated heterocycles. The monoisotopic (exact) mass is 660 g/mol. The fourth-order valence-electron chi connectivity index (χ4n) is 12.5. The highest BCUT2D eigenvalue weighted by Crippen LogP contribution is 2.73. The molecule has 1 amide bonds. The zero-order chi connectivity index (χ0) is 35.1. The second kappa shape index (κ2) is 14.1. The molecule has 266 valence electrons. The lowest BCUT2D eigenvalue weighted by Crippen LogP contribution is -2.62. The summed E-state index contributed by atoms with van der Waals surface area (Å²) in [5, 5.41) is 19.3. The molecule has 0 aliphatic heterocycles. The zero-order valence-electron chi connectivity index (χ0n) is 31.1. The van der Waals surface area contributed by atoms with Crippen molar-refractivity contribution in [3.63, 3.8) is 0 Å². The molecule has 5 aliphatic carbocycles. The van der Waals surface area contributed by atoms with Crippen LogP contribution in [0.5, 0.6) is 0 Å². The van der Waals surface area contributed by atoms with Crippen LogP contribution in [0.3, 0.4) is 0 Å². The van der Waals surface area contributed by atoms with Crippen molar-refractivity contribution in [2.75, 3.05) is 40.3 Å². The summed E-state index contributed by atoms with van der Waals surface area (Å²) in [4.78, 5) is 30.0. The van der Waals surface area contributed by atoms with Gasteiger partial charge in [0.05, 0.1) is 17.6 Å². The van der Waals surface area contributed by atoms with Crippen molar-refractivity contribution >= 4 is 17.4 Å². The minimum absolute atomic E-state index is 0.0121. The van der Waals surface area contributed by atoms with Crippen molar-refractivity contribution in [3.05, 3.63) is 54.1 Å². The number of likely N-dealkylation sites (N-methyl/N-ethyl adjacent to an activating group) is 1. The molecule has 6 heteroatoms. The number of aliphatic hydroxyl groups is 1. The minimum Gasteiger partial charge on any atom is -0.478 e. The van der Waals surface area contributed by atoms with E-state index in [4.69, 9.17) is 0 Å². The number of nitrogens with zero attached hydrogens (tertiary/aromatic N) is 2. The lowest BCUT2D eigenvalue weighted by Gasteiger charge is -2.68. The summed E-state index contributed by atoms with van der Waals surface area (Å²) in [5.74, 6) is 2.52. The van der Waals surface area contributed by atoms with E-state index in [2.05, 4.69) is 59.3 Å². The van der Waals surface area contributed by atoms with Gasteiger partial charge in [0, 0.05) is 19.6 Å². The van der Waals surface area contributed by atoms with E-state index in [1.807, 2.05) is 24.0 Å². The number of carbonyl (C=O) groups is 2. The Bertz CT molecular complexity index is 1370. The molecule has 0 heterocycles. The molecular weight excluding hydrogens is 596 g/mol. The van der Waals surface area contributed by atoms with E-state index in [-0.39, 0.29) is 22.9 Å². The molecule has 0 radical (unpaired) electrons. The van der Waals surface area contributed by atoms with E-state index >= 15 is 0 Å². The summed E-state index contributed by atoms with van der Waals surface area (Å²) in [6.45, 7) is 17.4. The third kappa shape index (κ3) is 6.12. The Morgan fingerprint density at radius 3 is 2.19 bits per heavy atom. The third-order valence-electron chi connectivity index (χ3n) is 14.4. The second-order valence-electron chi connectivity index (χ2n) is 17.4. The van der Waals surface area contributed by atoms with Crippen molar-refractivity contribution in [1.29, 1.82) is 0 Å². The van der Waals surface area contributed by atoms with Crippen LogP contribution in [-0.4, -0.2) is 72.2 Å². The molecule has 2 N–H and O–H groups in total. The Kier molecular flexibility index (Phi) is 10.8. The first-order valence-electron chi connectivity index (χ1n) is 18.9. The second-order valence-corrected chi connectivity index (χ2v) is 17.4. The largest absolute Gasteiger partial charge is 0.478 e. The van der Waals surface area contributed by atoms with E-state index in [1.165, 1.54) is 49.7 Å². The topological polar surface area (TPSA) is 81.1 Å². The number of carboxylic acid groups (broad SMARTS) is 1. The number of hydrogen-bond donors (Lipinski definition) is 2.